The summed E-state index contributed by atoms with van der Waals surface area (Å²) >= 11 is 0. The lowest BCUT2D eigenvalue weighted by Crippen LogP contribution is -2.38. The predicted molar refractivity (Wildman–Crippen MR) is 136 cm³/mol. The number of ether oxygens (including phenoxy) is 2. The number of hydrogen-bond donors (Lipinski definition) is 3. The maximum atomic E-state index is 8.39. The molecule has 0 bridgehead atoms. The molecule has 0 saturated heterocycles. The minimum absolute atomic E-state index is 0.118. The first-order chi connectivity index (χ1) is 15.8. The molecule has 3 N–H and O–H groups in total. The number of anilines is 2. The van der Waals surface area contributed by atoms with Crippen LogP contribution in [0.4, 0.5) is 11.6 Å². The minimum Gasteiger partial charge on any atom is -0.373 e. The first kappa shape index (κ1) is 26.7. The van der Waals surface area contributed by atoms with E-state index in [9.17, 15) is 0 Å². The highest BCUT2D eigenvalue weighted by molar-refractivity contribution is 5.99. The van der Waals surface area contributed by atoms with Gasteiger partial charge in [0, 0.05) is 31.5 Å². The van der Waals surface area contributed by atoms with Gasteiger partial charge in [0.25, 0.3) is 0 Å². The van der Waals surface area contributed by atoms with E-state index >= 15 is 0 Å². The van der Waals surface area contributed by atoms with E-state index in [0.29, 0.717) is 42.8 Å². The van der Waals surface area contributed by atoms with Gasteiger partial charge in [-0.3, -0.25) is 0 Å². The summed E-state index contributed by atoms with van der Waals surface area (Å²) in [5.41, 5.74) is 4.34. The Balaban J connectivity index is 2.59. The lowest BCUT2D eigenvalue weighted by Gasteiger charge is -2.28. The molecule has 0 aliphatic rings. The SMILES string of the molecule is CCOC(OCC)C(CC)Nc1nc(CC)c(-c2ccc(C(C)C)nc2NC)nc1C(C)=N. The topological polar surface area (TPSA) is 105 Å². The second-order valence-electron chi connectivity index (χ2n) is 8.17. The Hall–Kier alpha value is -2.58. The van der Waals surface area contributed by atoms with Gasteiger partial charge >= 0.3 is 0 Å². The molecular formula is C25H40N6O2. The summed E-state index contributed by atoms with van der Waals surface area (Å²) in [6.07, 6.45) is 1.07. The molecule has 8 heteroatoms. The van der Waals surface area contributed by atoms with Gasteiger partial charge in [0.05, 0.1) is 23.1 Å². The van der Waals surface area contributed by atoms with Crippen LogP contribution in [0.5, 0.6) is 0 Å². The molecule has 0 aromatic carbocycles. The van der Waals surface area contributed by atoms with Gasteiger partial charge in [-0.25, -0.2) is 15.0 Å². The average molecular weight is 457 g/mol. The van der Waals surface area contributed by atoms with E-state index in [4.69, 9.17) is 29.8 Å². The summed E-state index contributed by atoms with van der Waals surface area (Å²) in [6.45, 7) is 15.1. The third kappa shape index (κ3) is 6.48. The van der Waals surface area contributed by atoms with E-state index in [1.165, 1.54) is 0 Å². The van der Waals surface area contributed by atoms with Crippen molar-refractivity contribution < 1.29 is 9.47 Å². The molecule has 2 aromatic heterocycles. The number of rotatable bonds is 13. The van der Waals surface area contributed by atoms with Crippen molar-refractivity contribution in [3.8, 4) is 11.3 Å². The van der Waals surface area contributed by atoms with Crippen molar-refractivity contribution in [1.82, 2.24) is 15.0 Å². The molecule has 33 heavy (non-hydrogen) atoms. The van der Waals surface area contributed by atoms with Crippen LogP contribution < -0.4 is 10.6 Å². The van der Waals surface area contributed by atoms with Gasteiger partial charge in [-0.15, -0.1) is 0 Å². The van der Waals surface area contributed by atoms with Crippen molar-refractivity contribution in [2.24, 2.45) is 0 Å². The van der Waals surface area contributed by atoms with Crippen molar-refractivity contribution in [1.29, 1.82) is 5.41 Å². The highest BCUT2D eigenvalue weighted by atomic mass is 16.7. The smallest absolute Gasteiger partial charge is 0.177 e. The molecule has 0 aliphatic carbocycles. The monoisotopic (exact) mass is 456 g/mol. The average Bonchev–Trinajstić information content (AvgIpc) is 2.81. The van der Waals surface area contributed by atoms with Gasteiger partial charge in [0.15, 0.2) is 12.1 Å². The summed E-state index contributed by atoms with van der Waals surface area (Å²) in [6, 6.07) is 3.96. The van der Waals surface area contributed by atoms with E-state index < -0.39 is 6.29 Å². The summed E-state index contributed by atoms with van der Waals surface area (Å²) in [7, 11) is 1.86. The number of aryl methyl sites for hydroxylation is 1. The molecule has 0 fully saturated rings. The molecule has 0 radical (unpaired) electrons. The Morgan fingerprint density at radius 2 is 1.67 bits per heavy atom. The first-order valence-electron chi connectivity index (χ1n) is 12.0. The number of nitrogens with zero attached hydrogens (tertiary/aromatic N) is 3. The lowest BCUT2D eigenvalue weighted by atomic mass is 10.0. The van der Waals surface area contributed by atoms with Gasteiger partial charge in [-0.1, -0.05) is 27.7 Å². The van der Waals surface area contributed by atoms with E-state index in [1.807, 2.05) is 33.0 Å². The van der Waals surface area contributed by atoms with Crippen molar-refractivity contribution >= 4 is 17.3 Å². The molecule has 182 valence electrons. The normalized spacial score (nSPS) is 12.3. The molecule has 1 unspecified atom stereocenters. The van der Waals surface area contributed by atoms with Crippen LogP contribution in [0, 0.1) is 5.41 Å². The van der Waals surface area contributed by atoms with Crippen LogP contribution in [0.1, 0.15) is 77.9 Å². The molecule has 0 spiro atoms. The van der Waals surface area contributed by atoms with Gasteiger partial charge < -0.3 is 25.5 Å². The van der Waals surface area contributed by atoms with Crippen molar-refractivity contribution in [2.75, 3.05) is 30.9 Å². The fraction of sp³-hybridized carbons (Fsp3) is 0.600. The molecule has 0 aliphatic heterocycles. The minimum atomic E-state index is -0.404. The molecule has 0 saturated carbocycles. The number of nitrogens with one attached hydrogen (secondary N) is 3. The summed E-state index contributed by atoms with van der Waals surface area (Å²) < 4.78 is 11.6. The number of pyridine rings is 1. The third-order valence-corrected chi connectivity index (χ3v) is 5.41. The van der Waals surface area contributed by atoms with Crippen molar-refractivity contribution in [2.45, 2.75) is 79.6 Å². The van der Waals surface area contributed by atoms with E-state index in [-0.39, 0.29) is 6.04 Å². The molecular weight excluding hydrogens is 416 g/mol. The second-order valence-corrected chi connectivity index (χ2v) is 8.17. The molecule has 0 amide bonds. The van der Waals surface area contributed by atoms with Gasteiger partial charge in [-0.2, -0.15) is 0 Å². The van der Waals surface area contributed by atoms with E-state index in [2.05, 4.69) is 38.3 Å². The van der Waals surface area contributed by atoms with E-state index in [1.54, 1.807) is 6.92 Å². The Bertz CT molecular complexity index is 925. The lowest BCUT2D eigenvalue weighted by molar-refractivity contribution is -0.145. The summed E-state index contributed by atoms with van der Waals surface area (Å²) in [5.74, 6) is 1.67. The molecule has 1 atom stereocenters. The number of aromatic nitrogens is 3. The molecule has 2 heterocycles. The highest BCUT2D eigenvalue weighted by Gasteiger charge is 2.25. The molecule has 8 nitrogen and oxygen atoms in total. The zero-order valence-corrected chi connectivity index (χ0v) is 21.4. The fourth-order valence-electron chi connectivity index (χ4n) is 3.62. The molecule has 2 aromatic rings. The van der Waals surface area contributed by atoms with E-state index in [0.717, 1.165) is 34.9 Å². The summed E-state index contributed by atoms with van der Waals surface area (Å²) in [4.78, 5) is 14.6. The fourth-order valence-corrected chi connectivity index (χ4v) is 3.62. The van der Waals surface area contributed by atoms with Gasteiger partial charge in [-0.05, 0) is 51.7 Å². The maximum absolute atomic E-state index is 8.39. The second kappa shape index (κ2) is 12.6. The zero-order valence-electron chi connectivity index (χ0n) is 21.4. The first-order valence-corrected chi connectivity index (χ1v) is 12.0. The van der Waals surface area contributed by atoms with Gasteiger partial charge in [0.2, 0.25) is 0 Å². The predicted octanol–water partition coefficient (Wildman–Crippen LogP) is 5.24. The van der Waals surface area contributed by atoms with Gasteiger partial charge in [0.1, 0.15) is 11.5 Å². The molecule has 2 rings (SSSR count). The van der Waals surface area contributed by atoms with Crippen LogP contribution in [0.2, 0.25) is 0 Å². The third-order valence-electron chi connectivity index (χ3n) is 5.41. The Kier molecular flexibility index (Phi) is 10.2. The van der Waals surface area contributed by atoms with Crippen molar-refractivity contribution in [3.05, 3.63) is 29.2 Å². The number of hydrogen-bond acceptors (Lipinski definition) is 8. The van der Waals surface area contributed by atoms with Crippen LogP contribution in [0.3, 0.4) is 0 Å². The highest BCUT2D eigenvalue weighted by Crippen LogP contribution is 2.31. The maximum Gasteiger partial charge on any atom is 0.177 e. The quantitative estimate of drug-likeness (QED) is 0.279. The Morgan fingerprint density at radius 3 is 2.15 bits per heavy atom. The van der Waals surface area contributed by atoms with Crippen LogP contribution in [0.25, 0.3) is 11.3 Å². The largest absolute Gasteiger partial charge is 0.373 e. The van der Waals surface area contributed by atoms with Crippen molar-refractivity contribution in [3.63, 3.8) is 0 Å². The van der Waals surface area contributed by atoms with Crippen LogP contribution in [-0.4, -0.2) is 53.3 Å². The van der Waals surface area contributed by atoms with Crippen LogP contribution in [0.15, 0.2) is 12.1 Å². The Labute approximate surface area is 198 Å². The summed E-state index contributed by atoms with van der Waals surface area (Å²) in [5, 5.41) is 15.1. The van der Waals surface area contributed by atoms with Crippen LogP contribution in [-0.2, 0) is 15.9 Å². The van der Waals surface area contributed by atoms with Crippen LogP contribution >= 0.6 is 0 Å². The zero-order chi connectivity index (χ0) is 24.5. The standard InChI is InChI=1S/C25H40N6O2/c1-9-18-22(17-13-14-20(15(5)6)30-23(17)27-8)31-21(16(7)26)24(28-18)29-19(10-2)25(32-11-3)33-12-4/h13-15,19,25-26H,9-12H2,1-8H3,(H,27,30)(H,28,29). The Morgan fingerprint density at radius 1 is 1.00 bits per heavy atom.